The first-order valence-corrected chi connectivity index (χ1v) is 7.23. The third-order valence-corrected chi connectivity index (χ3v) is 3.57. The van der Waals surface area contributed by atoms with Gasteiger partial charge in [0.05, 0.1) is 11.8 Å². The third kappa shape index (κ3) is 4.13. The Morgan fingerprint density at radius 3 is 2.83 bits per heavy atom. The molecule has 132 valence electrons. The first-order valence-electron chi connectivity index (χ1n) is 7.23. The predicted octanol–water partition coefficient (Wildman–Crippen LogP) is -0.299. The molecule has 0 spiro atoms. The van der Waals surface area contributed by atoms with Crippen LogP contribution in [0.1, 0.15) is 12.0 Å². The van der Waals surface area contributed by atoms with E-state index in [0.29, 0.717) is 17.9 Å². The van der Waals surface area contributed by atoms with Gasteiger partial charge in [0.15, 0.2) is 6.10 Å². The van der Waals surface area contributed by atoms with E-state index in [9.17, 15) is 19.8 Å². The van der Waals surface area contributed by atoms with Crippen molar-refractivity contribution in [1.82, 2.24) is 0 Å². The van der Waals surface area contributed by atoms with Crippen LogP contribution in [0.25, 0.3) is 0 Å². The maximum Gasteiger partial charge on any atom is 0.335 e. The number of carboxylic acid groups (broad SMARTS) is 1. The lowest BCUT2D eigenvalue weighted by Gasteiger charge is -2.35. The van der Waals surface area contributed by atoms with E-state index in [-0.39, 0.29) is 13.0 Å². The van der Waals surface area contributed by atoms with Crippen molar-refractivity contribution in [2.24, 2.45) is 0 Å². The zero-order valence-corrected chi connectivity index (χ0v) is 12.9. The third-order valence-electron chi connectivity index (χ3n) is 3.57. The maximum atomic E-state index is 11.1. The van der Waals surface area contributed by atoms with Crippen molar-refractivity contribution in [2.75, 3.05) is 12.4 Å². The molecule has 0 amide bonds. The number of carbonyl (C=O) groups excluding carboxylic acids is 1. The number of carboxylic acids is 1. The Labute approximate surface area is 137 Å². The summed E-state index contributed by atoms with van der Waals surface area (Å²) in [6.45, 7) is 0.447. The number of carbonyl (C=O) groups is 2. The van der Waals surface area contributed by atoms with E-state index in [2.05, 4.69) is 10.1 Å². The molecule has 4 N–H and O–H groups in total. The molecule has 1 aromatic rings. The van der Waals surface area contributed by atoms with Crippen LogP contribution in [-0.2, 0) is 25.7 Å². The van der Waals surface area contributed by atoms with Crippen molar-refractivity contribution in [2.45, 2.75) is 37.6 Å². The van der Waals surface area contributed by atoms with Gasteiger partial charge in [-0.2, -0.15) is 0 Å². The molecule has 0 bridgehead atoms. The molecule has 2 rings (SSSR count). The van der Waals surface area contributed by atoms with Crippen LogP contribution in [0.2, 0.25) is 0 Å². The molecule has 0 aliphatic carbocycles. The summed E-state index contributed by atoms with van der Waals surface area (Å²) < 4.78 is 15.5. The van der Waals surface area contributed by atoms with E-state index >= 15 is 0 Å². The van der Waals surface area contributed by atoms with E-state index < -0.39 is 30.6 Å². The highest BCUT2D eigenvalue weighted by Gasteiger charge is 2.42. The van der Waals surface area contributed by atoms with Crippen LogP contribution in [0.5, 0.6) is 5.75 Å². The van der Waals surface area contributed by atoms with Gasteiger partial charge in [-0.1, -0.05) is 6.07 Å². The number of aliphatic hydroxyl groups is 2. The predicted molar refractivity (Wildman–Crippen MR) is 80.4 cm³/mol. The van der Waals surface area contributed by atoms with Crippen molar-refractivity contribution in [3.63, 3.8) is 0 Å². The largest absolute Gasteiger partial charge is 0.479 e. The van der Waals surface area contributed by atoms with E-state index in [1.165, 1.54) is 0 Å². The van der Waals surface area contributed by atoms with Gasteiger partial charge in [0.1, 0.15) is 18.5 Å². The minimum atomic E-state index is -1.57. The number of hydrogen-bond donors (Lipinski definition) is 4. The van der Waals surface area contributed by atoms with Crippen molar-refractivity contribution >= 4 is 18.1 Å². The second kappa shape index (κ2) is 7.95. The SMILES string of the molecule is CNc1cc(COC=O)ccc1OC1CC(O)[C@H](O)C(C(=O)O)O1. The maximum absolute atomic E-state index is 11.1. The van der Waals surface area contributed by atoms with Gasteiger partial charge in [0.2, 0.25) is 6.29 Å². The molecule has 0 aromatic heterocycles. The summed E-state index contributed by atoms with van der Waals surface area (Å²) in [6, 6.07) is 4.97. The van der Waals surface area contributed by atoms with Crippen LogP contribution in [0.4, 0.5) is 5.69 Å². The molecular formula is C15H19NO8. The van der Waals surface area contributed by atoms with Crippen LogP contribution >= 0.6 is 0 Å². The highest BCUT2D eigenvalue weighted by Crippen LogP contribution is 2.30. The van der Waals surface area contributed by atoms with Gasteiger partial charge in [-0.25, -0.2) is 4.79 Å². The summed E-state index contributed by atoms with van der Waals surface area (Å²) >= 11 is 0. The Morgan fingerprint density at radius 1 is 1.46 bits per heavy atom. The number of ether oxygens (including phenoxy) is 3. The van der Waals surface area contributed by atoms with Crippen LogP contribution in [0.15, 0.2) is 18.2 Å². The Hall–Kier alpha value is -2.36. The smallest absolute Gasteiger partial charge is 0.335 e. The number of rotatable bonds is 7. The van der Waals surface area contributed by atoms with Gasteiger partial charge >= 0.3 is 5.97 Å². The highest BCUT2D eigenvalue weighted by molar-refractivity contribution is 5.73. The van der Waals surface area contributed by atoms with Gasteiger partial charge in [-0.05, 0) is 17.7 Å². The van der Waals surface area contributed by atoms with Gasteiger partial charge in [0, 0.05) is 13.5 Å². The van der Waals surface area contributed by atoms with Gasteiger partial charge in [-0.3, -0.25) is 4.79 Å². The van der Waals surface area contributed by atoms with E-state index in [4.69, 9.17) is 14.6 Å². The molecule has 1 heterocycles. The lowest BCUT2D eigenvalue weighted by Crippen LogP contribution is -2.53. The van der Waals surface area contributed by atoms with Crippen LogP contribution < -0.4 is 10.1 Å². The number of nitrogens with one attached hydrogen (secondary N) is 1. The molecule has 1 aliphatic rings. The Bertz CT molecular complexity index is 593. The van der Waals surface area contributed by atoms with Crippen LogP contribution in [0, 0.1) is 0 Å². The molecule has 3 unspecified atom stereocenters. The Kier molecular flexibility index (Phi) is 5.96. The van der Waals surface area contributed by atoms with Crippen LogP contribution in [0.3, 0.4) is 0 Å². The van der Waals surface area contributed by atoms with E-state index in [0.717, 1.165) is 5.56 Å². The zero-order chi connectivity index (χ0) is 17.7. The summed E-state index contributed by atoms with van der Waals surface area (Å²) in [7, 11) is 1.66. The normalized spacial score (nSPS) is 26.5. The van der Waals surface area contributed by atoms with E-state index in [1.807, 2.05) is 0 Å². The average molecular weight is 341 g/mol. The highest BCUT2D eigenvalue weighted by atomic mass is 16.7. The van der Waals surface area contributed by atoms with Gasteiger partial charge < -0.3 is 34.8 Å². The second-order valence-electron chi connectivity index (χ2n) is 5.22. The minimum absolute atomic E-state index is 0.0793. The van der Waals surface area contributed by atoms with E-state index in [1.54, 1.807) is 25.2 Å². The number of benzene rings is 1. The lowest BCUT2D eigenvalue weighted by molar-refractivity contribution is -0.228. The monoisotopic (exact) mass is 341 g/mol. The molecule has 24 heavy (non-hydrogen) atoms. The summed E-state index contributed by atoms with van der Waals surface area (Å²) in [5.41, 5.74) is 1.29. The molecule has 0 saturated carbocycles. The summed E-state index contributed by atoms with van der Waals surface area (Å²) in [5.74, 6) is -1.02. The molecule has 0 radical (unpaired) electrons. The van der Waals surface area contributed by atoms with Gasteiger partial charge in [-0.15, -0.1) is 0 Å². The summed E-state index contributed by atoms with van der Waals surface area (Å²) in [6.07, 6.45) is -5.48. The number of aliphatic carboxylic acids is 1. The first kappa shape index (κ1) is 18.0. The summed E-state index contributed by atoms with van der Waals surface area (Å²) in [4.78, 5) is 21.3. The molecule has 1 saturated heterocycles. The molecule has 1 aliphatic heterocycles. The molecule has 9 nitrogen and oxygen atoms in total. The zero-order valence-electron chi connectivity index (χ0n) is 12.9. The number of hydrogen-bond acceptors (Lipinski definition) is 8. The van der Waals surface area contributed by atoms with Crippen molar-refractivity contribution < 1.29 is 39.1 Å². The van der Waals surface area contributed by atoms with Crippen molar-refractivity contribution in [3.05, 3.63) is 23.8 Å². The molecule has 1 aromatic carbocycles. The quantitative estimate of drug-likeness (QED) is 0.493. The minimum Gasteiger partial charge on any atom is -0.479 e. The van der Waals surface area contributed by atoms with Crippen LogP contribution in [-0.4, -0.2) is 59.4 Å². The molecule has 1 fully saturated rings. The fourth-order valence-corrected chi connectivity index (χ4v) is 2.36. The molecule has 9 heteroatoms. The fraction of sp³-hybridized carbons (Fsp3) is 0.467. The fourth-order valence-electron chi connectivity index (χ4n) is 2.36. The number of aliphatic hydroxyl groups excluding tert-OH is 2. The first-order chi connectivity index (χ1) is 11.5. The van der Waals surface area contributed by atoms with Crippen molar-refractivity contribution in [1.29, 1.82) is 0 Å². The molecule has 4 atom stereocenters. The Balaban J connectivity index is 2.12. The topological polar surface area (TPSA) is 135 Å². The Morgan fingerprint density at radius 2 is 2.21 bits per heavy atom. The standard InChI is InChI=1S/C15H19NO8/c1-16-9-4-8(6-22-7-17)2-3-11(9)23-12-5-10(18)13(19)14(24-12)15(20)21/h2-4,7,10,12-14,16,18-19H,5-6H2,1H3,(H,20,21)/t10?,12?,13-,14?/m0/s1. The van der Waals surface area contributed by atoms with Gasteiger partial charge in [0.25, 0.3) is 6.47 Å². The summed E-state index contributed by atoms with van der Waals surface area (Å²) in [5, 5.41) is 31.3. The van der Waals surface area contributed by atoms with Crippen molar-refractivity contribution in [3.8, 4) is 5.75 Å². The number of anilines is 1. The lowest BCUT2D eigenvalue weighted by atomic mass is 10.0. The molecular weight excluding hydrogens is 322 g/mol. The average Bonchev–Trinajstić information content (AvgIpc) is 2.56. The second-order valence-corrected chi connectivity index (χ2v) is 5.22.